The van der Waals surface area contributed by atoms with E-state index < -0.39 is 0 Å². The Labute approximate surface area is 189 Å². The molecule has 3 aromatic rings. The lowest BCUT2D eigenvalue weighted by Gasteiger charge is -2.33. The van der Waals surface area contributed by atoms with Gasteiger partial charge in [0.1, 0.15) is 6.42 Å². The standard InChI is InChI=1S/C27H29N3O2/c1-20-7-5-6-10-25(20)28-24-15-17-30(18-16-24)27(32)19-26(31)29-23-13-11-22(12-14-23)21-8-3-2-4-9-21/h2-14,24,28H,15-19H2,1H3,(H,29,31). The zero-order valence-corrected chi connectivity index (χ0v) is 18.4. The predicted molar refractivity (Wildman–Crippen MR) is 130 cm³/mol. The number of anilines is 2. The molecule has 0 atom stereocenters. The number of hydrogen-bond acceptors (Lipinski definition) is 3. The van der Waals surface area contributed by atoms with Gasteiger partial charge >= 0.3 is 0 Å². The van der Waals surface area contributed by atoms with Gasteiger partial charge in [-0.3, -0.25) is 9.59 Å². The molecule has 3 aromatic carbocycles. The summed E-state index contributed by atoms with van der Waals surface area (Å²) < 4.78 is 0. The number of para-hydroxylation sites is 1. The van der Waals surface area contributed by atoms with Crippen molar-refractivity contribution in [2.45, 2.75) is 32.2 Å². The summed E-state index contributed by atoms with van der Waals surface area (Å²) in [6.07, 6.45) is 1.63. The van der Waals surface area contributed by atoms with E-state index in [0.717, 1.165) is 29.7 Å². The summed E-state index contributed by atoms with van der Waals surface area (Å²) in [6, 6.07) is 26.3. The van der Waals surface area contributed by atoms with E-state index in [1.165, 1.54) is 5.56 Å². The van der Waals surface area contributed by atoms with Crippen molar-refractivity contribution < 1.29 is 9.59 Å². The minimum atomic E-state index is -0.275. The first-order valence-corrected chi connectivity index (χ1v) is 11.1. The van der Waals surface area contributed by atoms with Crippen LogP contribution in [-0.2, 0) is 9.59 Å². The van der Waals surface area contributed by atoms with E-state index in [-0.39, 0.29) is 18.2 Å². The number of hydrogen-bond donors (Lipinski definition) is 2. The maximum Gasteiger partial charge on any atom is 0.233 e. The van der Waals surface area contributed by atoms with Crippen LogP contribution >= 0.6 is 0 Å². The molecule has 0 saturated carbocycles. The van der Waals surface area contributed by atoms with Gasteiger partial charge in [-0.25, -0.2) is 0 Å². The van der Waals surface area contributed by atoms with Crippen LogP contribution in [0.15, 0.2) is 78.9 Å². The highest BCUT2D eigenvalue weighted by Crippen LogP contribution is 2.22. The third kappa shape index (κ3) is 5.55. The fourth-order valence-electron chi connectivity index (χ4n) is 4.06. The normalized spacial score (nSPS) is 14.1. The Morgan fingerprint density at radius 2 is 1.47 bits per heavy atom. The minimum Gasteiger partial charge on any atom is -0.382 e. The molecule has 32 heavy (non-hydrogen) atoms. The SMILES string of the molecule is Cc1ccccc1NC1CCN(C(=O)CC(=O)Nc2ccc(-c3ccccc3)cc2)CC1. The molecule has 0 unspecified atom stereocenters. The third-order valence-electron chi connectivity index (χ3n) is 5.94. The van der Waals surface area contributed by atoms with Gasteiger partial charge in [0.05, 0.1) is 0 Å². The van der Waals surface area contributed by atoms with E-state index in [0.29, 0.717) is 24.8 Å². The Morgan fingerprint density at radius 1 is 0.844 bits per heavy atom. The van der Waals surface area contributed by atoms with Crippen molar-refractivity contribution in [3.05, 3.63) is 84.4 Å². The monoisotopic (exact) mass is 427 g/mol. The van der Waals surface area contributed by atoms with Crippen LogP contribution in [0.1, 0.15) is 24.8 Å². The zero-order valence-electron chi connectivity index (χ0n) is 18.4. The molecule has 1 aliphatic heterocycles. The Hall–Kier alpha value is -3.60. The van der Waals surface area contributed by atoms with Crippen molar-refractivity contribution in [1.29, 1.82) is 0 Å². The number of benzene rings is 3. The number of rotatable bonds is 6. The van der Waals surface area contributed by atoms with E-state index in [1.54, 1.807) is 4.90 Å². The third-order valence-corrected chi connectivity index (χ3v) is 5.94. The average Bonchev–Trinajstić information content (AvgIpc) is 2.82. The average molecular weight is 428 g/mol. The summed E-state index contributed by atoms with van der Waals surface area (Å²) in [5.41, 5.74) is 5.28. The van der Waals surface area contributed by atoms with Gasteiger partial charge in [0.2, 0.25) is 11.8 Å². The second kappa shape index (κ2) is 10.1. The van der Waals surface area contributed by atoms with Crippen LogP contribution < -0.4 is 10.6 Å². The largest absolute Gasteiger partial charge is 0.382 e. The van der Waals surface area contributed by atoms with E-state index in [1.807, 2.05) is 66.7 Å². The van der Waals surface area contributed by atoms with Crippen LogP contribution in [0.25, 0.3) is 11.1 Å². The number of carbonyl (C=O) groups excluding carboxylic acids is 2. The molecule has 0 radical (unpaired) electrons. The first-order chi connectivity index (χ1) is 15.6. The van der Waals surface area contributed by atoms with Gasteiger partial charge in [-0.2, -0.15) is 0 Å². The van der Waals surface area contributed by atoms with Gasteiger partial charge in [-0.15, -0.1) is 0 Å². The Kier molecular flexibility index (Phi) is 6.85. The summed E-state index contributed by atoms with van der Waals surface area (Å²) in [7, 11) is 0. The van der Waals surface area contributed by atoms with Gasteiger partial charge < -0.3 is 15.5 Å². The summed E-state index contributed by atoms with van der Waals surface area (Å²) >= 11 is 0. The van der Waals surface area contributed by atoms with Gasteiger partial charge in [0.15, 0.2) is 0 Å². The molecule has 1 aliphatic rings. The molecule has 2 amide bonds. The number of amides is 2. The number of piperidine rings is 1. The molecule has 2 N–H and O–H groups in total. The molecule has 0 aliphatic carbocycles. The maximum atomic E-state index is 12.6. The Morgan fingerprint density at radius 3 is 2.16 bits per heavy atom. The molecule has 0 aromatic heterocycles. The van der Waals surface area contributed by atoms with Crippen molar-refractivity contribution >= 4 is 23.2 Å². The molecule has 0 spiro atoms. The number of nitrogens with one attached hydrogen (secondary N) is 2. The fourth-order valence-corrected chi connectivity index (χ4v) is 4.06. The lowest BCUT2D eigenvalue weighted by Crippen LogP contribution is -2.43. The van der Waals surface area contributed by atoms with Crippen molar-refractivity contribution in [3.63, 3.8) is 0 Å². The van der Waals surface area contributed by atoms with Gasteiger partial charge in [-0.05, 0) is 54.7 Å². The highest BCUT2D eigenvalue weighted by molar-refractivity contribution is 6.03. The zero-order chi connectivity index (χ0) is 22.3. The molecule has 1 heterocycles. The van der Waals surface area contributed by atoms with Crippen molar-refractivity contribution in [1.82, 2.24) is 4.90 Å². The molecular weight excluding hydrogens is 398 g/mol. The molecule has 1 fully saturated rings. The van der Waals surface area contributed by atoms with Gasteiger partial charge in [0, 0.05) is 30.5 Å². The lowest BCUT2D eigenvalue weighted by atomic mass is 10.0. The van der Waals surface area contributed by atoms with Crippen LogP contribution in [0, 0.1) is 6.92 Å². The second-order valence-corrected chi connectivity index (χ2v) is 8.28. The maximum absolute atomic E-state index is 12.6. The first kappa shape index (κ1) is 21.6. The van der Waals surface area contributed by atoms with E-state index in [4.69, 9.17) is 0 Å². The summed E-state index contributed by atoms with van der Waals surface area (Å²) in [4.78, 5) is 26.8. The topological polar surface area (TPSA) is 61.4 Å². The molecule has 1 saturated heterocycles. The minimum absolute atomic E-state index is 0.113. The van der Waals surface area contributed by atoms with Crippen molar-refractivity contribution in [3.8, 4) is 11.1 Å². The second-order valence-electron chi connectivity index (χ2n) is 8.28. The highest BCUT2D eigenvalue weighted by Gasteiger charge is 2.24. The number of carbonyl (C=O) groups is 2. The van der Waals surface area contributed by atoms with E-state index >= 15 is 0 Å². The summed E-state index contributed by atoms with van der Waals surface area (Å²) in [6.45, 7) is 3.43. The number of likely N-dealkylation sites (tertiary alicyclic amines) is 1. The van der Waals surface area contributed by atoms with Crippen LogP contribution in [0.5, 0.6) is 0 Å². The number of nitrogens with zero attached hydrogens (tertiary/aromatic N) is 1. The molecule has 5 heteroatoms. The molecule has 0 bridgehead atoms. The van der Waals surface area contributed by atoms with Gasteiger partial charge in [0.25, 0.3) is 0 Å². The lowest BCUT2D eigenvalue weighted by molar-refractivity contribution is -0.135. The highest BCUT2D eigenvalue weighted by atomic mass is 16.2. The molecule has 5 nitrogen and oxygen atoms in total. The first-order valence-electron chi connectivity index (χ1n) is 11.1. The van der Waals surface area contributed by atoms with Crippen molar-refractivity contribution in [2.24, 2.45) is 0 Å². The quantitative estimate of drug-likeness (QED) is 0.539. The fraction of sp³-hybridized carbons (Fsp3) is 0.259. The van der Waals surface area contributed by atoms with Gasteiger partial charge in [-0.1, -0.05) is 60.7 Å². The van der Waals surface area contributed by atoms with E-state index in [2.05, 4.69) is 29.7 Å². The van der Waals surface area contributed by atoms with Crippen LogP contribution in [0.2, 0.25) is 0 Å². The summed E-state index contributed by atoms with van der Waals surface area (Å²) in [5.74, 6) is -0.389. The smallest absolute Gasteiger partial charge is 0.233 e. The summed E-state index contributed by atoms with van der Waals surface area (Å²) in [5, 5.41) is 6.42. The van der Waals surface area contributed by atoms with Crippen molar-refractivity contribution in [2.75, 3.05) is 23.7 Å². The Bertz CT molecular complexity index is 1060. The molecule has 164 valence electrons. The van der Waals surface area contributed by atoms with E-state index in [9.17, 15) is 9.59 Å². The van der Waals surface area contributed by atoms with Crippen LogP contribution in [-0.4, -0.2) is 35.8 Å². The number of aryl methyl sites for hydroxylation is 1. The Balaban J connectivity index is 1.24. The van der Waals surface area contributed by atoms with Crippen LogP contribution in [0.4, 0.5) is 11.4 Å². The molecular formula is C27H29N3O2. The molecule has 4 rings (SSSR count). The van der Waals surface area contributed by atoms with Crippen LogP contribution in [0.3, 0.4) is 0 Å². The predicted octanol–water partition coefficient (Wildman–Crippen LogP) is 5.09.